The molecule has 0 aliphatic heterocycles. The van der Waals surface area contributed by atoms with Crippen LogP contribution in [-0.2, 0) is 0 Å². The second kappa shape index (κ2) is 17.0. The van der Waals surface area contributed by atoms with Crippen molar-refractivity contribution in [3.05, 3.63) is 6.92 Å². The highest BCUT2D eigenvalue weighted by Crippen LogP contribution is 2.12. The van der Waals surface area contributed by atoms with Crippen molar-refractivity contribution in [1.29, 1.82) is 0 Å². The molecule has 0 aliphatic rings. The highest BCUT2D eigenvalue weighted by atomic mass is 14.8. The number of nitrogens with one attached hydrogen (secondary N) is 1. The van der Waals surface area contributed by atoms with Crippen molar-refractivity contribution in [2.45, 2.75) is 90.4 Å². The van der Waals surface area contributed by atoms with Gasteiger partial charge in [0, 0.05) is 0 Å². The Labute approximate surface area is 116 Å². The summed E-state index contributed by atoms with van der Waals surface area (Å²) in [4.78, 5) is 0. The first-order valence-corrected chi connectivity index (χ1v) is 8.41. The van der Waals surface area contributed by atoms with Crippen molar-refractivity contribution in [3.63, 3.8) is 0 Å². The van der Waals surface area contributed by atoms with E-state index in [1.807, 2.05) is 0 Å². The van der Waals surface area contributed by atoms with E-state index in [2.05, 4.69) is 19.2 Å². The molecule has 18 heavy (non-hydrogen) atoms. The van der Waals surface area contributed by atoms with Gasteiger partial charge in [0.1, 0.15) is 0 Å². The fourth-order valence-electron chi connectivity index (χ4n) is 2.39. The molecule has 0 fully saturated rings. The van der Waals surface area contributed by atoms with Gasteiger partial charge in [0.25, 0.3) is 0 Å². The molecule has 0 aromatic rings. The lowest BCUT2D eigenvalue weighted by molar-refractivity contribution is 0.535. The molecular formula is C17H36N. The summed E-state index contributed by atoms with van der Waals surface area (Å²) in [6.45, 7) is 8.09. The molecule has 109 valence electrons. The molecule has 0 atom stereocenters. The maximum absolute atomic E-state index is 3.77. The van der Waals surface area contributed by atoms with Crippen molar-refractivity contribution in [2.24, 2.45) is 0 Å². The Kier molecular flexibility index (Phi) is 16.9. The molecule has 1 N–H and O–H groups in total. The third-order valence-electron chi connectivity index (χ3n) is 3.63. The average molecular weight is 254 g/mol. The number of hydrogen-bond donors (Lipinski definition) is 1. The van der Waals surface area contributed by atoms with E-state index in [0.717, 1.165) is 13.1 Å². The van der Waals surface area contributed by atoms with Crippen molar-refractivity contribution in [2.75, 3.05) is 13.1 Å². The van der Waals surface area contributed by atoms with Gasteiger partial charge in [-0.25, -0.2) is 0 Å². The van der Waals surface area contributed by atoms with Gasteiger partial charge in [0.15, 0.2) is 0 Å². The molecule has 1 radical (unpaired) electrons. The van der Waals surface area contributed by atoms with Gasteiger partial charge in [-0.2, -0.15) is 0 Å². The predicted molar refractivity (Wildman–Crippen MR) is 83.9 cm³/mol. The summed E-state index contributed by atoms with van der Waals surface area (Å²) in [5, 5.41) is 3.28. The van der Waals surface area contributed by atoms with Gasteiger partial charge in [-0.1, -0.05) is 84.0 Å². The van der Waals surface area contributed by atoms with Gasteiger partial charge in [-0.15, -0.1) is 0 Å². The molecule has 1 heteroatoms. The van der Waals surface area contributed by atoms with Crippen LogP contribution >= 0.6 is 0 Å². The summed E-state index contributed by atoms with van der Waals surface area (Å²) in [7, 11) is 0. The van der Waals surface area contributed by atoms with E-state index >= 15 is 0 Å². The molecule has 0 aromatic heterocycles. The summed E-state index contributed by atoms with van der Waals surface area (Å²) in [6.07, 6.45) is 18.6. The van der Waals surface area contributed by atoms with Gasteiger partial charge in [0.2, 0.25) is 0 Å². The Bertz CT molecular complexity index is 118. The zero-order valence-corrected chi connectivity index (χ0v) is 12.8. The van der Waals surface area contributed by atoms with Gasteiger partial charge in [-0.05, 0) is 26.4 Å². The minimum atomic E-state index is 0.873. The van der Waals surface area contributed by atoms with Crippen LogP contribution in [-0.4, -0.2) is 13.1 Å². The van der Waals surface area contributed by atoms with Crippen molar-refractivity contribution < 1.29 is 0 Å². The number of hydrogen-bond acceptors (Lipinski definition) is 1. The van der Waals surface area contributed by atoms with Crippen LogP contribution in [0.4, 0.5) is 0 Å². The van der Waals surface area contributed by atoms with E-state index in [-0.39, 0.29) is 0 Å². The van der Waals surface area contributed by atoms with Gasteiger partial charge < -0.3 is 5.32 Å². The van der Waals surface area contributed by atoms with Gasteiger partial charge in [0.05, 0.1) is 0 Å². The van der Waals surface area contributed by atoms with Crippen molar-refractivity contribution >= 4 is 0 Å². The molecule has 0 rings (SSSR count). The van der Waals surface area contributed by atoms with Crippen molar-refractivity contribution in [1.82, 2.24) is 5.32 Å². The quantitative estimate of drug-likeness (QED) is 0.380. The number of unbranched alkanes of at least 4 members (excludes halogenated alkanes) is 12. The fraction of sp³-hybridized carbons (Fsp3) is 0.941. The molecule has 0 heterocycles. The topological polar surface area (TPSA) is 12.0 Å². The largest absolute Gasteiger partial charge is 0.317 e. The van der Waals surface area contributed by atoms with Gasteiger partial charge in [-0.3, -0.25) is 0 Å². The summed E-state index contributed by atoms with van der Waals surface area (Å²) >= 11 is 0. The first kappa shape index (κ1) is 18.0. The minimum Gasteiger partial charge on any atom is -0.317 e. The standard InChI is InChI=1S/C17H36N/c1-3-5-6-7-8-9-10-11-12-13-14-15-16-17-18-4-2/h18H,2-17H2,1H3. The van der Waals surface area contributed by atoms with Crippen LogP contribution in [0.1, 0.15) is 90.4 Å². The second-order valence-electron chi connectivity index (χ2n) is 5.49. The van der Waals surface area contributed by atoms with Crippen LogP contribution in [0.15, 0.2) is 0 Å². The van der Waals surface area contributed by atoms with Crippen LogP contribution in [0.2, 0.25) is 0 Å². The Morgan fingerprint density at radius 3 is 1.39 bits per heavy atom. The van der Waals surface area contributed by atoms with Crippen LogP contribution in [0, 0.1) is 6.92 Å². The Balaban J connectivity index is 2.86. The van der Waals surface area contributed by atoms with E-state index in [1.165, 1.54) is 83.5 Å². The van der Waals surface area contributed by atoms with Crippen molar-refractivity contribution in [3.8, 4) is 0 Å². The third-order valence-corrected chi connectivity index (χ3v) is 3.63. The van der Waals surface area contributed by atoms with Gasteiger partial charge >= 0.3 is 0 Å². The molecule has 0 saturated carbocycles. The van der Waals surface area contributed by atoms with Crippen LogP contribution in [0.3, 0.4) is 0 Å². The highest BCUT2D eigenvalue weighted by Gasteiger charge is 1.93. The smallest absolute Gasteiger partial charge is 0.00484 e. The molecule has 0 amide bonds. The molecule has 0 bridgehead atoms. The maximum Gasteiger partial charge on any atom is -0.00484 e. The second-order valence-corrected chi connectivity index (χ2v) is 5.49. The number of rotatable bonds is 15. The molecule has 0 unspecified atom stereocenters. The summed E-state index contributed by atoms with van der Waals surface area (Å²) < 4.78 is 0. The zero-order chi connectivity index (χ0) is 13.3. The van der Waals surface area contributed by atoms with E-state index in [1.54, 1.807) is 0 Å². The Hall–Kier alpha value is -0.0400. The lowest BCUT2D eigenvalue weighted by atomic mass is 10.0. The lowest BCUT2D eigenvalue weighted by Crippen LogP contribution is -2.13. The molecule has 0 aliphatic carbocycles. The molecule has 1 nitrogen and oxygen atoms in total. The van der Waals surface area contributed by atoms with Crippen LogP contribution in [0.25, 0.3) is 0 Å². The molecule has 0 spiro atoms. The summed E-state index contributed by atoms with van der Waals surface area (Å²) in [6, 6.07) is 0. The molecule has 0 aromatic carbocycles. The average Bonchev–Trinajstić information content (AvgIpc) is 2.39. The Morgan fingerprint density at radius 1 is 0.611 bits per heavy atom. The third kappa shape index (κ3) is 16.0. The monoisotopic (exact) mass is 254 g/mol. The summed E-state index contributed by atoms with van der Waals surface area (Å²) in [5.41, 5.74) is 0. The minimum absolute atomic E-state index is 0.873. The van der Waals surface area contributed by atoms with Crippen LogP contribution in [0.5, 0.6) is 0 Å². The van der Waals surface area contributed by atoms with E-state index in [9.17, 15) is 0 Å². The van der Waals surface area contributed by atoms with E-state index < -0.39 is 0 Å². The summed E-state index contributed by atoms with van der Waals surface area (Å²) in [5.74, 6) is 0. The fourth-order valence-corrected chi connectivity index (χ4v) is 2.39. The molecular weight excluding hydrogens is 218 g/mol. The normalized spacial score (nSPS) is 11.0. The zero-order valence-electron chi connectivity index (χ0n) is 12.8. The predicted octanol–water partition coefficient (Wildman–Crippen LogP) is 5.50. The first-order chi connectivity index (χ1) is 8.91. The van der Waals surface area contributed by atoms with E-state index in [0.29, 0.717) is 0 Å². The SMILES string of the molecule is [CH2]CNCCCCCCCCCCCCCCC. The van der Waals surface area contributed by atoms with Crippen LogP contribution < -0.4 is 5.32 Å². The first-order valence-electron chi connectivity index (χ1n) is 8.41. The lowest BCUT2D eigenvalue weighted by Gasteiger charge is -2.03. The maximum atomic E-state index is 3.77. The van der Waals surface area contributed by atoms with E-state index in [4.69, 9.17) is 0 Å². The Morgan fingerprint density at radius 2 is 1.00 bits per heavy atom. The highest BCUT2D eigenvalue weighted by molar-refractivity contribution is 4.51. The molecule has 0 saturated heterocycles.